The normalized spacial score (nSPS) is 11.9. The van der Waals surface area contributed by atoms with Crippen molar-refractivity contribution < 1.29 is 23.9 Å². The fourth-order valence-electron chi connectivity index (χ4n) is 4.68. The quantitative estimate of drug-likeness (QED) is 0.0773. The molecule has 0 aliphatic heterocycles. The van der Waals surface area contributed by atoms with E-state index in [4.69, 9.17) is 9.47 Å². The van der Waals surface area contributed by atoms with Crippen LogP contribution in [0.15, 0.2) is 0 Å². The minimum absolute atomic E-state index is 0.164. The van der Waals surface area contributed by atoms with E-state index in [0.29, 0.717) is 19.6 Å². The van der Waals surface area contributed by atoms with Gasteiger partial charge in [0.2, 0.25) is 5.91 Å². The van der Waals surface area contributed by atoms with Gasteiger partial charge in [-0.2, -0.15) is 0 Å². The number of esters is 2. The summed E-state index contributed by atoms with van der Waals surface area (Å²) in [6, 6.07) is -0.987. The lowest BCUT2D eigenvalue weighted by Crippen LogP contribution is -2.44. The summed E-state index contributed by atoms with van der Waals surface area (Å²) in [4.78, 5) is 37.4. The molecule has 0 fully saturated rings. The van der Waals surface area contributed by atoms with E-state index < -0.39 is 18.0 Å². The minimum Gasteiger partial charge on any atom is -0.466 e. The van der Waals surface area contributed by atoms with Gasteiger partial charge in [-0.3, -0.25) is 9.59 Å². The molecule has 6 nitrogen and oxygen atoms in total. The molecular formula is C33H63NO5. The van der Waals surface area contributed by atoms with Crippen LogP contribution in [0, 0.1) is 5.92 Å². The monoisotopic (exact) mass is 553 g/mol. The average molecular weight is 554 g/mol. The van der Waals surface area contributed by atoms with E-state index in [2.05, 4.69) is 19.2 Å². The van der Waals surface area contributed by atoms with Gasteiger partial charge in [0.1, 0.15) is 6.04 Å². The van der Waals surface area contributed by atoms with Crippen molar-refractivity contribution in [3.63, 3.8) is 0 Å². The van der Waals surface area contributed by atoms with Gasteiger partial charge in [-0.1, -0.05) is 143 Å². The Labute approximate surface area is 241 Å². The highest BCUT2D eigenvalue weighted by molar-refractivity contribution is 5.88. The summed E-state index contributed by atoms with van der Waals surface area (Å²) < 4.78 is 10.8. The molecule has 6 heteroatoms. The van der Waals surface area contributed by atoms with Gasteiger partial charge in [0.05, 0.1) is 19.6 Å². The maximum atomic E-state index is 12.7. The highest BCUT2D eigenvalue weighted by Crippen LogP contribution is 2.12. The summed E-state index contributed by atoms with van der Waals surface area (Å²) in [7, 11) is 0. The van der Waals surface area contributed by atoms with Crippen LogP contribution in [-0.2, 0) is 23.9 Å². The summed E-state index contributed by atoms with van der Waals surface area (Å²) in [6.45, 7) is 9.04. The molecule has 39 heavy (non-hydrogen) atoms. The second kappa shape index (κ2) is 28.0. The number of amides is 1. The predicted octanol–water partition coefficient (Wildman–Crippen LogP) is 8.84. The number of ether oxygens (including phenoxy) is 2. The van der Waals surface area contributed by atoms with Crippen molar-refractivity contribution in [2.45, 2.75) is 175 Å². The Morgan fingerprint density at radius 1 is 0.538 bits per heavy atom. The maximum absolute atomic E-state index is 12.7. The van der Waals surface area contributed by atoms with E-state index in [1.54, 1.807) is 0 Å². The van der Waals surface area contributed by atoms with Crippen LogP contribution in [0.25, 0.3) is 0 Å². The van der Waals surface area contributed by atoms with Crippen LogP contribution in [0.3, 0.4) is 0 Å². The van der Waals surface area contributed by atoms with Gasteiger partial charge in [0.15, 0.2) is 0 Å². The first-order chi connectivity index (χ1) is 18.9. The predicted molar refractivity (Wildman–Crippen MR) is 162 cm³/mol. The third-order valence-corrected chi connectivity index (χ3v) is 7.09. The minimum atomic E-state index is -0.987. The number of carbonyl (C=O) groups excluding carboxylic acids is 3. The molecule has 0 radical (unpaired) electrons. The second-order valence-corrected chi connectivity index (χ2v) is 11.7. The molecule has 1 unspecified atom stereocenters. The average Bonchev–Trinajstić information content (AvgIpc) is 2.89. The van der Waals surface area contributed by atoms with Gasteiger partial charge in [0, 0.05) is 6.42 Å². The van der Waals surface area contributed by atoms with Crippen molar-refractivity contribution >= 4 is 17.8 Å². The van der Waals surface area contributed by atoms with Gasteiger partial charge >= 0.3 is 11.9 Å². The Hall–Kier alpha value is -1.59. The zero-order valence-corrected chi connectivity index (χ0v) is 26.2. The summed E-state index contributed by atoms with van der Waals surface area (Å²) in [6.07, 6.45) is 24.3. The van der Waals surface area contributed by atoms with Gasteiger partial charge in [-0.15, -0.1) is 0 Å². The summed E-state index contributed by atoms with van der Waals surface area (Å²) >= 11 is 0. The molecule has 0 spiro atoms. The summed E-state index contributed by atoms with van der Waals surface area (Å²) in [5.41, 5.74) is 0. The largest absolute Gasteiger partial charge is 0.466 e. The van der Waals surface area contributed by atoms with Crippen molar-refractivity contribution in [2.24, 2.45) is 5.92 Å². The van der Waals surface area contributed by atoms with Gasteiger partial charge in [-0.05, 0) is 18.8 Å². The van der Waals surface area contributed by atoms with Crippen molar-refractivity contribution in [1.82, 2.24) is 5.32 Å². The number of hydrogen-bond donors (Lipinski definition) is 1. The Morgan fingerprint density at radius 2 is 0.923 bits per heavy atom. The molecule has 0 aliphatic rings. The summed E-state index contributed by atoms with van der Waals surface area (Å²) in [5.74, 6) is -1.08. The molecule has 230 valence electrons. The van der Waals surface area contributed by atoms with Gasteiger partial charge < -0.3 is 14.8 Å². The van der Waals surface area contributed by atoms with Crippen LogP contribution >= 0.6 is 0 Å². The smallest absolute Gasteiger partial charge is 0.329 e. The third kappa shape index (κ3) is 26.4. The molecule has 0 rings (SSSR count). The maximum Gasteiger partial charge on any atom is 0.329 e. The molecule has 0 heterocycles. The lowest BCUT2D eigenvalue weighted by Gasteiger charge is -2.18. The van der Waals surface area contributed by atoms with Gasteiger partial charge in [-0.25, -0.2) is 4.79 Å². The van der Waals surface area contributed by atoms with Gasteiger partial charge in [0.25, 0.3) is 0 Å². The van der Waals surface area contributed by atoms with E-state index in [0.717, 1.165) is 38.5 Å². The molecule has 0 saturated carbocycles. The second-order valence-electron chi connectivity index (χ2n) is 11.7. The standard InChI is InChI=1S/C33H63NO5/c1-5-7-9-11-13-15-17-19-21-23-25-38-32(36)28-30(34-31(35)27-29(3)4)33(37)39-26-24-22-20-18-16-14-12-10-8-6-2/h29-30H,5-28H2,1-4H3,(H,34,35). The molecule has 0 aromatic rings. The number of carbonyl (C=O) groups is 3. The van der Waals surface area contributed by atoms with Crippen LogP contribution in [0.5, 0.6) is 0 Å². The number of rotatable bonds is 28. The lowest BCUT2D eigenvalue weighted by molar-refractivity contribution is -0.154. The molecule has 0 aromatic carbocycles. The Morgan fingerprint density at radius 3 is 1.33 bits per heavy atom. The molecule has 0 saturated heterocycles. The molecule has 1 amide bonds. The number of unbranched alkanes of at least 4 members (excludes halogenated alkanes) is 18. The van der Waals surface area contributed by atoms with E-state index >= 15 is 0 Å². The van der Waals surface area contributed by atoms with Crippen LogP contribution < -0.4 is 5.32 Å². The zero-order valence-electron chi connectivity index (χ0n) is 26.2. The van der Waals surface area contributed by atoms with Crippen molar-refractivity contribution in [3.05, 3.63) is 0 Å². The third-order valence-electron chi connectivity index (χ3n) is 7.09. The van der Waals surface area contributed by atoms with Crippen LogP contribution in [0.2, 0.25) is 0 Å². The first-order valence-corrected chi connectivity index (χ1v) is 16.5. The molecule has 0 bridgehead atoms. The first-order valence-electron chi connectivity index (χ1n) is 16.5. The van der Waals surface area contributed by atoms with E-state index in [-0.39, 0.29) is 18.2 Å². The van der Waals surface area contributed by atoms with Crippen molar-refractivity contribution in [2.75, 3.05) is 13.2 Å². The molecule has 1 N–H and O–H groups in total. The lowest BCUT2D eigenvalue weighted by atomic mass is 10.1. The summed E-state index contributed by atoms with van der Waals surface area (Å²) in [5, 5.41) is 2.70. The highest BCUT2D eigenvalue weighted by Gasteiger charge is 2.26. The van der Waals surface area contributed by atoms with E-state index in [9.17, 15) is 14.4 Å². The van der Waals surface area contributed by atoms with Crippen molar-refractivity contribution in [1.29, 1.82) is 0 Å². The first kappa shape index (κ1) is 37.4. The van der Waals surface area contributed by atoms with Crippen LogP contribution in [-0.4, -0.2) is 37.1 Å². The SMILES string of the molecule is CCCCCCCCCCCCOC(=O)CC(NC(=O)CC(C)C)C(=O)OCCCCCCCCCCCC. The van der Waals surface area contributed by atoms with Crippen LogP contribution in [0.1, 0.15) is 169 Å². The molecule has 1 atom stereocenters. The molecule has 0 aromatic heterocycles. The van der Waals surface area contributed by atoms with Crippen LogP contribution in [0.4, 0.5) is 0 Å². The topological polar surface area (TPSA) is 81.7 Å². The fraction of sp³-hybridized carbons (Fsp3) is 0.909. The number of nitrogens with one attached hydrogen (secondary N) is 1. The Kier molecular flexibility index (Phi) is 26.8. The molecule has 0 aliphatic carbocycles. The van der Waals surface area contributed by atoms with E-state index in [1.165, 1.54) is 89.9 Å². The Bertz CT molecular complexity index is 593. The van der Waals surface area contributed by atoms with Crippen molar-refractivity contribution in [3.8, 4) is 0 Å². The fourth-order valence-corrected chi connectivity index (χ4v) is 4.68. The number of hydrogen-bond acceptors (Lipinski definition) is 5. The zero-order chi connectivity index (χ0) is 29.0. The molecular weight excluding hydrogens is 490 g/mol. The van der Waals surface area contributed by atoms with E-state index in [1.807, 2.05) is 13.8 Å². The highest BCUT2D eigenvalue weighted by atomic mass is 16.5. The Balaban J connectivity index is 4.16.